The number of nitrogens with one attached hydrogen (secondary N) is 2. The van der Waals surface area contributed by atoms with Gasteiger partial charge in [-0.15, -0.1) is 0 Å². The van der Waals surface area contributed by atoms with Gasteiger partial charge in [0.2, 0.25) is 5.91 Å². The van der Waals surface area contributed by atoms with E-state index in [4.69, 9.17) is 0 Å². The van der Waals surface area contributed by atoms with Crippen LogP contribution in [0, 0.1) is 6.92 Å². The van der Waals surface area contributed by atoms with Crippen LogP contribution < -0.4 is 10.7 Å². The predicted octanol–water partition coefficient (Wildman–Crippen LogP) is 3.99. The van der Waals surface area contributed by atoms with Crippen molar-refractivity contribution in [2.24, 2.45) is 5.10 Å². The molecule has 0 spiro atoms. The molecule has 0 atom stereocenters. The maximum atomic E-state index is 12.3. The highest BCUT2D eigenvalue weighted by Crippen LogP contribution is 2.24. The number of hydrazone groups is 1. The number of amides is 2. The van der Waals surface area contributed by atoms with Crippen LogP contribution in [0.15, 0.2) is 65.8 Å². The molecule has 0 saturated heterocycles. The molecule has 3 aromatic carbocycles. The zero-order valence-corrected chi connectivity index (χ0v) is 15.7. The number of phenolic OH excluding ortho intramolecular Hbond substituents is 1. The van der Waals surface area contributed by atoms with Gasteiger partial charge in [-0.2, -0.15) is 5.10 Å². The van der Waals surface area contributed by atoms with E-state index in [1.807, 2.05) is 55.5 Å². The first-order chi connectivity index (χ1) is 13.4. The number of benzene rings is 3. The molecule has 0 aromatic heterocycles. The molecule has 6 heteroatoms. The minimum absolute atomic E-state index is 0.0396. The van der Waals surface area contributed by atoms with E-state index < -0.39 is 5.91 Å². The summed E-state index contributed by atoms with van der Waals surface area (Å²) in [5.74, 6) is -0.891. The number of hydrogen-bond acceptors (Lipinski definition) is 4. The Morgan fingerprint density at radius 2 is 1.71 bits per heavy atom. The van der Waals surface area contributed by atoms with Crippen molar-refractivity contribution in [3.8, 4) is 5.75 Å². The lowest BCUT2D eigenvalue weighted by Crippen LogP contribution is -2.21. The lowest BCUT2D eigenvalue weighted by molar-refractivity contribution is -0.115. The standard InChI is InChI=1S/C22H21N3O3/c1-14-6-5-9-18(10-14)23-21(27)11-15(2)24-25-22(28)19-12-16-7-3-4-8-17(16)13-20(19)26/h3-10,12-13,26H,11H2,1-2H3,(H,23,27)(H,25,28). The Morgan fingerprint density at radius 1 is 1.00 bits per heavy atom. The lowest BCUT2D eigenvalue weighted by atomic mass is 10.1. The van der Waals surface area contributed by atoms with Gasteiger partial charge in [-0.25, -0.2) is 5.43 Å². The second kappa shape index (κ2) is 8.35. The van der Waals surface area contributed by atoms with Crippen molar-refractivity contribution in [1.29, 1.82) is 0 Å². The summed E-state index contributed by atoms with van der Waals surface area (Å²) in [4.78, 5) is 24.5. The number of anilines is 1. The van der Waals surface area contributed by atoms with Gasteiger partial charge in [0.1, 0.15) is 5.75 Å². The first kappa shape index (κ1) is 19.1. The lowest BCUT2D eigenvalue weighted by Gasteiger charge is -2.08. The van der Waals surface area contributed by atoms with Crippen molar-refractivity contribution in [3.05, 3.63) is 71.8 Å². The van der Waals surface area contributed by atoms with Crippen molar-refractivity contribution in [3.63, 3.8) is 0 Å². The third-order valence-corrected chi connectivity index (χ3v) is 4.18. The molecule has 3 aromatic rings. The van der Waals surface area contributed by atoms with E-state index in [9.17, 15) is 14.7 Å². The number of carbonyl (C=O) groups is 2. The SMILES string of the molecule is CC(CC(=O)Nc1cccc(C)c1)=NNC(=O)c1cc2ccccc2cc1O. The van der Waals surface area contributed by atoms with E-state index >= 15 is 0 Å². The van der Waals surface area contributed by atoms with Gasteiger partial charge < -0.3 is 10.4 Å². The number of aromatic hydroxyl groups is 1. The van der Waals surface area contributed by atoms with Crippen LogP contribution in [0.5, 0.6) is 5.75 Å². The Kier molecular flexibility index (Phi) is 5.69. The van der Waals surface area contributed by atoms with Gasteiger partial charge in [0.05, 0.1) is 12.0 Å². The monoisotopic (exact) mass is 375 g/mol. The fourth-order valence-corrected chi connectivity index (χ4v) is 2.82. The molecule has 3 N–H and O–H groups in total. The quantitative estimate of drug-likeness (QED) is 0.465. The molecule has 0 fully saturated rings. The summed E-state index contributed by atoms with van der Waals surface area (Å²) < 4.78 is 0. The van der Waals surface area contributed by atoms with Crippen LogP contribution in [0.25, 0.3) is 10.8 Å². The number of rotatable bonds is 5. The van der Waals surface area contributed by atoms with Gasteiger partial charge >= 0.3 is 0 Å². The van der Waals surface area contributed by atoms with Crippen LogP contribution in [0.3, 0.4) is 0 Å². The molecule has 0 aliphatic heterocycles. The first-order valence-electron chi connectivity index (χ1n) is 8.84. The molecular weight excluding hydrogens is 354 g/mol. The van der Waals surface area contributed by atoms with Crippen molar-refractivity contribution in [1.82, 2.24) is 5.43 Å². The molecule has 0 aliphatic carbocycles. The maximum absolute atomic E-state index is 12.3. The third kappa shape index (κ3) is 4.73. The fourth-order valence-electron chi connectivity index (χ4n) is 2.82. The molecule has 0 bridgehead atoms. The van der Waals surface area contributed by atoms with E-state index in [0.717, 1.165) is 16.3 Å². The van der Waals surface area contributed by atoms with Gasteiger partial charge in [0.15, 0.2) is 0 Å². The normalized spacial score (nSPS) is 11.3. The van der Waals surface area contributed by atoms with Crippen LogP contribution >= 0.6 is 0 Å². The van der Waals surface area contributed by atoms with E-state index in [2.05, 4.69) is 15.8 Å². The zero-order chi connectivity index (χ0) is 20.1. The second-order valence-electron chi connectivity index (χ2n) is 6.60. The second-order valence-corrected chi connectivity index (χ2v) is 6.60. The minimum Gasteiger partial charge on any atom is -0.507 e. The maximum Gasteiger partial charge on any atom is 0.275 e. The average Bonchev–Trinajstić information content (AvgIpc) is 2.65. The largest absolute Gasteiger partial charge is 0.507 e. The van der Waals surface area contributed by atoms with Gasteiger partial charge in [0.25, 0.3) is 5.91 Å². The average molecular weight is 375 g/mol. The summed E-state index contributed by atoms with van der Waals surface area (Å²) in [6, 6.07) is 18.1. The topological polar surface area (TPSA) is 90.8 Å². The molecule has 28 heavy (non-hydrogen) atoms. The Morgan fingerprint density at radius 3 is 2.43 bits per heavy atom. The van der Waals surface area contributed by atoms with Crippen LogP contribution in [0.1, 0.15) is 29.3 Å². The summed E-state index contributed by atoms with van der Waals surface area (Å²) in [6.45, 7) is 3.59. The number of aryl methyl sites for hydroxylation is 1. The van der Waals surface area contributed by atoms with Crippen LogP contribution in [-0.2, 0) is 4.79 Å². The van der Waals surface area contributed by atoms with E-state index in [1.54, 1.807) is 13.0 Å². The zero-order valence-electron chi connectivity index (χ0n) is 15.7. The summed E-state index contributed by atoms with van der Waals surface area (Å²) in [6.07, 6.45) is 0.0396. The fraction of sp³-hybridized carbons (Fsp3) is 0.136. The Bertz CT molecular complexity index is 1070. The van der Waals surface area contributed by atoms with Crippen LogP contribution in [0.2, 0.25) is 0 Å². The number of phenols is 1. The smallest absolute Gasteiger partial charge is 0.275 e. The van der Waals surface area contributed by atoms with Gasteiger partial charge in [0, 0.05) is 11.4 Å². The van der Waals surface area contributed by atoms with Crippen molar-refractivity contribution in [2.45, 2.75) is 20.3 Å². The molecule has 0 radical (unpaired) electrons. The van der Waals surface area contributed by atoms with E-state index in [-0.39, 0.29) is 23.6 Å². The highest BCUT2D eigenvalue weighted by atomic mass is 16.3. The van der Waals surface area contributed by atoms with Crippen molar-refractivity contribution < 1.29 is 14.7 Å². The molecule has 3 rings (SSSR count). The molecule has 142 valence electrons. The highest BCUT2D eigenvalue weighted by molar-refractivity contribution is 6.06. The Balaban J connectivity index is 1.63. The molecule has 0 aliphatic rings. The number of carbonyl (C=O) groups excluding carboxylic acids is 2. The van der Waals surface area contributed by atoms with E-state index in [0.29, 0.717) is 11.4 Å². The predicted molar refractivity (Wildman–Crippen MR) is 111 cm³/mol. The van der Waals surface area contributed by atoms with Crippen LogP contribution in [-0.4, -0.2) is 22.6 Å². The Labute approximate surface area is 162 Å². The van der Waals surface area contributed by atoms with Gasteiger partial charge in [-0.05, 0) is 54.4 Å². The summed E-state index contributed by atoms with van der Waals surface area (Å²) in [7, 11) is 0. The molecule has 0 heterocycles. The molecule has 2 amide bonds. The number of nitrogens with zero attached hydrogens (tertiary/aromatic N) is 1. The minimum atomic E-state index is -0.540. The summed E-state index contributed by atoms with van der Waals surface area (Å²) in [5, 5.41) is 18.5. The Hall–Kier alpha value is -3.67. The summed E-state index contributed by atoms with van der Waals surface area (Å²) in [5.41, 5.74) is 4.72. The van der Waals surface area contributed by atoms with Crippen LogP contribution in [0.4, 0.5) is 5.69 Å². The highest BCUT2D eigenvalue weighted by Gasteiger charge is 2.12. The third-order valence-electron chi connectivity index (χ3n) is 4.18. The molecule has 0 unspecified atom stereocenters. The van der Waals surface area contributed by atoms with Gasteiger partial charge in [-0.1, -0.05) is 36.4 Å². The van der Waals surface area contributed by atoms with E-state index in [1.165, 1.54) is 6.07 Å². The van der Waals surface area contributed by atoms with Gasteiger partial charge in [-0.3, -0.25) is 9.59 Å². The van der Waals surface area contributed by atoms with Crippen molar-refractivity contribution in [2.75, 3.05) is 5.32 Å². The van der Waals surface area contributed by atoms with Crippen molar-refractivity contribution >= 4 is 34.0 Å². The number of fused-ring (bicyclic) bond motifs is 1. The molecular formula is C22H21N3O3. The molecule has 6 nitrogen and oxygen atoms in total. The number of hydrogen-bond donors (Lipinski definition) is 3. The summed E-state index contributed by atoms with van der Waals surface area (Å²) >= 11 is 0. The molecule has 0 saturated carbocycles. The first-order valence-corrected chi connectivity index (χ1v) is 8.84.